The van der Waals surface area contributed by atoms with Gasteiger partial charge in [0.15, 0.2) is 11.5 Å². The van der Waals surface area contributed by atoms with Gasteiger partial charge in [-0.2, -0.15) is 8.78 Å². The molecule has 0 fully saturated rings. The van der Waals surface area contributed by atoms with E-state index in [4.69, 9.17) is 16.3 Å². The summed E-state index contributed by atoms with van der Waals surface area (Å²) in [6.07, 6.45) is 2.70. The third-order valence-corrected chi connectivity index (χ3v) is 3.89. The number of anilines is 1. The van der Waals surface area contributed by atoms with Gasteiger partial charge in [-0.05, 0) is 48.9 Å². The maximum absolute atomic E-state index is 12.4. The van der Waals surface area contributed by atoms with Gasteiger partial charge in [-0.1, -0.05) is 17.7 Å². The van der Waals surface area contributed by atoms with Gasteiger partial charge in [0.05, 0.1) is 18.4 Å². The smallest absolute Gasteiger partial charge is 0.387 e. The average Bonchev–Trinajstić information content (AvgIpc) is 2.68. The molecule has 0 aromatic heterocycles. The zero-order valence-electron chi connectivity index (χ0n) is 15.7. The molecule has 0 atom stereocenters. The van der Waals surface area contributed by atoms with Crippen LogP contribution in [0.15, 0.2) is 42.5 Å². The van der Waals surface area contributed by atoms with Crippen molar-refractivity contribution in [2.45, 2.75) is 13.5 Å². The Kier molecular flexibility index (Phi) is 7.97. The molecule has 2 N–H and O–H groups in total. The van der Waals surface area contributed by atoms with E-state index in [1.165, 1.54) is 49.6 Å². The molecule has 9 heteroatoms. The Labute approximate surface area is 171 Å². The average molecular weight is 425 g/mol. The highest BCUT2D eigenvalue weighted by molar-refractivity contribution is 6.31. The largest absolute Gasteiger partial charge is 0.493 e. The summed E-state index contributed by atoms with van der Waals surface area (Å²) in [5.74, 6) is -0.876. The van der Waals surface area contributed by atoms with Crippen molar-refractivity contribution in [1.82, 2.24) is 5.32 Å². The highest BCUT2D eigenvalue weighted by atomic mass is 35.5. The quantitative estimate of drug-likeness (QED) is 0.617. The Morgan fingerprint density at radius 1 is 1.17 bits per heavy atom. The molecule has 2 rings (SSSR count). The molecule has 2 aromatic rings. The monoisotopic (exact) mass is 424 g/mol. The number of carbonyl (C=O) groups is 2. The Morgan fingerprint density at radius 2 is 1.93 bits per heavy atom. The van der Waals surface area contributed by atoms with Gasteiger partial charge < -0.3 is 20.1 Å². The number of amides is 2. The first-order chi connectivity index (χ1) is 13.8. The molecule has 0 bridgehead atoms. The molecule has 0 aliphatic carbocycles. The molecule has 0 saturated carbocycles. The zero-order chi connectivity index (χ0) is 21.4. The van der Waals surface area contributed by atoms with Gasteiger partial charge in [0.25, 0.3) is 5.91 Å². The third kappa shape index (κ3) is 6.46. The Hall–Kier alpha value is -3.13. The molecular weight excluding hydrogens is 406 g/mol. The molecule has 0 saturated heterocycles. The molecule has 0 radical (unpaired) electrons. The first kappa shape index (κ1) is 22.2. The van der Waals surface area contributed by atoms with E-state index >= 15 is 0 Å². The third-order valence-electron chi connectivity index (χ3n) is 3.65. The van der Waals surface area contributed by atoms with Crippen LogP contribution in [0.5, 0.6) is 11.5 Å². The van der Waals surface area contributed by atoms with Crippen LogP contribution in [0, 0.1) is 0 Å². The van der Waals surface area contributed by atoms with E-state index in [2.05, 4.69) is 15.4 Å². The molecular formula is C20H19ClF2N2O4. The number of methoxy groups -OCH3 is 1. The number of carbonyl (C=O) groups excluding carboxylic acids is 2. The number of hydrogen-bond donors (Lipinski definition) is 2. The van der Waals surface area contributed by atoms with Crippen molar-refractivity contribution < 1.29 is 27.8 Å². The lowest BCUT2D eigenvalue weighted by Gasteiger charge is -2.11. The summed E-state index contributed by atoms with van der Waals surface area (Å²) in [5, 5.41) is 5.62. The fourth-order valence-electron chi connectivity index (χ4n) is 2.40. The van der Waals surface area contributed by atoms with Gasteiger partial charge in [-0.15, -0.1) is 0 Å². The fraction of sp³-hybridized carbons (Fsp3) is 0.200. The van der Waals surface area contributed by atoms with E-state index < -0.39 is 12.5 Å². The van der Waals surface area contributed by atoms with Gasteiger partial charge in [-0.25, -0.2) is 0 Å². The predicted octanol–water partition coefficient (Wildman–Crippen LogP) is 4.35. The molecule has 0 aliphatic heterocycles. The summed E-state index contributed by atoms with van der Waals surface area (Å²) in [5.41, 5.74) is 1.06. The van der Waals surface area contributed by atoms with Gasteiger partial charge in [-0.3, -0.25) is 9.59 Å². The lowest BCUT2D eigenvalue weighted by Crippen LogP contribution is -2.24. The van der Waals surface area contributed by atoms with E-state index in [1.54, 1.807) is 13.0 Å². The zero-order valence-corrected chi connectivity index (χ0v) is 16.4. The summed E-state index contributed by atoms with van der Waals surface area (Å²) in [6.45, 7) is -0.782. The lowest BCUT2D eigenvalue weighted by molar-refractivity contribution is -0.111. The predicted molar refractivity (Wildman–Crippen MR) is 107 cm³/mol. The number of alkyl halides is 2. The lowest BCUT2D eigenvalue weighted by atomic mass is 10.1. The van der Waals surface area contributed by atoms with Crippen LogP contribution in [0.2, 0.25) is 5.02 Å². The van der Waals surface area contributed by atoms with Crippen molar-refractivity contribution in [2.75, 3.05) is 19.0 Å². The van der Waals surface area contributed by atoms with Gasteiger partial charge in [0.2, 0.25) is 5.91 Å². The minimum absolute atomic E-state index is 0.101. The molecule has 0 unspecified atom stereocenters. The summed E-state index contributed by atoms with van der Waals surface area (Å²) in [7, 11) is 1.32. The normalized spacial score (nSPS) is 10.8. The second-order valence-electron chi connectivity index (χ2n) is 5.66. The molecule has 154 valence electrons. The van der Waals surface area contributed by atoms with Crippen LogP contribution in [-0.2, 0) is 4.79 Å². The first-order valence-corrected chi connectivity index (χ1v) is 8.91. The number of ether oxygens (including phenoxy) is 2. The van der Waals surface area contributed by atoms with E-state index in [1.807, 2.05) is 0 Å². The molecule has 6 nitrogen and oxygen atoms in total. The molecule has 29 heavy (non-hydrogen) atoms. The Balaban J connectivity index is 2.15. The molecule has 0 spiro atoms. The van der Waals surface area contributed by atoms with E-state index in [-0.39, 0.29) is 23.0 Å². The number of nitrogens with one attached hydrogen (secondary N) is 2. The highest BCUT2D eigenvalue weighted by Gasteiger charge is 2.13. The number of halogens is 3. The SMILES string of the molecule is CCNC(=O)c1cc(Cl)ccc1NC(=O)/C=C/c1ccc(OC(F)F)c(OC)c1. The van der Waals surface area contributed by atoms with Crippen LogP contribution in [0.1, 0.15) is 22.8 Å². The molecule has 2 aromatic carbocycles. The molecule has 0 heterocycles. The maximum atomic E-state index is 12.4. The van der Waals surface area contributed by atoms with Gasteiger partial charge in [0, 0.05) is 17.6 Å². The minimum Gasteiger partial charge on any atom is -0.493 e. The summed E-state index contributed by atoms with van der Waals surface area (Å²) >= 11 is 5.94. The maximum Gasteiger partial charge on any atom is 0.387 e. The van der Waals surface area contributed by atoms with Crippen LogP contribution in [0.25, 0.3) is 6.08 Å². The van der Waals surface area contributed by atoms with Crippen molar-refractivity contribution in [3.8, 4) is 11.5 Å². The summed E-state index contributed by atoms with van der Waals surface area (Å²) in [4.78, 5) is 24.4. The van der Waals surface area contributed by atoms with Crippen molar-refractivity contribution in [2.24, 2.45) is 0 Å². The highest BCUT2D eigenvalue weighted by Crippen LogP contribution is 2.30. The van der Waals surface area contributed by atoms with Crippen LogP contribution in [0.4, 0.5) is 14.5 Å². The van der Waals surface area contributed by atoms with Crippen molar-refractivity contribution in [3.05, 3.63) is 58.6 Å². The van der Waals surface area contributed by atoms with Crippen LogP contribution < -0.4 is 20.1 Å². The van der Waals surface area contributed by atoms with E-state index in [9.17, 15) is 18.4 Å². The van der Waals surface area contributed by atoms with Crippen molar-refractivity contribution in [1.29, 1.82) is 0 Å². The Morgan fingerprint density at radius 3 is 2.59 bits per heavy atom. The van der Waals surface area contributed by atoms with Crippen molar-refractivity contribution >= 4 is 35.2 Å². The van der Waals surface area contributed by atoms with E-state index in [0.29, 0.717) is 22.8 Å². The minimum atomic E-state index is -2.98. The topological polar surface area (TPSA) is 76.7 Å². The number of rotatable bonds is 8. The second kappa shape index (κ2) is 10.4. The number of hydrogen-bond acceptors (Lipinski definition) is 4. The molecule has 0 aliphatic rings. The van der Waals surface area contributed by atoms with Gasteiger partial charge in [0.1, 0.15) is 0 Å². The summed E-state index contributed by atoms with van der Waals surface area (Å²) in [6, 6.07) is 8.79. The Bertz CT molecular complexity index is 919. The summed E-state index contributed by atoms with van der Waals surface area (Å²) < 4.78 is 34.1. The number of benzene rings is 2. The molecule has 2 amide bonds. The first-order valence-electron chi connectivity index (χ1n) is 8.53. The van der Waals surface area contributed by atoms with Crippen LogP contribution in [0.3, 0.4) is 0 Å². The van der Waals surface area contributed by atoms with Gasteiger partial charge >= 0.3 is 6.61 Å². The van der Waals surface area contributed by atoms with Crippen LogP contribution in [-0.4, -0.2) is 32.1 Å². The van der Waals surface area contributed by atoms with Crippen LogP contribution >= 0.6 is 11.6 Å². The van der Waals surface area contributed by atoms with E-state index in [0.717, 1.165) is 0 Å². The standard InChI is InChI=1S/C20H19ClF2N2O4/c1-3-24-19(27)14-11-13(21)6-7-15(14)25-18(26)9-5-12-4-8-16(29-20(22)23)17(10-12)28-2/h4-11,20H,3H2,1-2H3,(H,24,27)(H,25,26)/b9-5+. The fourth-order valence-corrected chi connectivity index (χ4v) is 2.57. The van der Waals surface area contributed by atoms with Crippen molar-refractivity contribution in [3.63, 3.8) is 0 Å². The second-order valence-corrected chi connectivity index (χ2v) is 6.10.